The summed E-state index contributed by atoms with van der Waals surface area (Å²) in [6, 6.07) is 0. The number of carbonyl (C=O) groups is 1. The van der Waals surface area contributed by atoms with Gasteiger partial charge in [-0.15, -0.1) is 36.2 Å². The summed E-state index contributed by atoms with van der Waals surface area (Å²) in [7, 11) is 0. The van der Waals surface area contributed by atoms with E-state index < -0.39 is 0 Å². The number of halogens is 2. The molecule has 18 heavy (non-hydrogen) atoms. The Bertz CT molecular complexity index is 369. The molecule has 1 fully saturated rings. The lowest BCUT2D eigenvalue weighted by molar-refractivity contribution is -0.120. The molecule has 0 saturated heterocycles. The van der Waals surface area contributed by atoms with Crippen molar-refractivity contribution in [2.24, 2.45) is 5.92 Å². The van der Waals surface area contributed by atoms with Crippen LogP contribution >= 0.6 is 36.2 Å². The maximum atomic E-state index is 11.4. The number of carbonyl (C=O) groups excluding carboxylic acids is 1. The molecule has 0 radical (unpaired) electrons. The summed E-state index contributed by atoms with van der Waals surface area (Å²) in [5, 5.41) is 8.97. The molecule has 1 aliphatic rings. The average molecular weight is 312 g/mol. The van der Waals surface area contributed by atoms with E-state index in [1.54, 1.807) is 11.3 Å². The van der Waals surface area contributed by atoms with E-state index in [1.807, 2.05) is 12.3 Å². The summed E-state index contributed by atoms with van der Waals surface area (Å²) < 4.78 is 0. The van der Waals surface area contributed by atoms with Crippen molar-refractivity contribution in [3.63, 3.8) is 0 Å². The summed E-state index contributed by atoms with van der Waals surface area (Å²) in [5.41, 5.74) is 1.01. The predicted octanol–water partition coefficient (Wildman–Crippen LogP) is 1.91. The van der Waals surface area contributed by atoms with Crippen molar-refractivity contribution < 1.29 is 4.79 Å². The van der Waals surface area contributed by atoms with Crippen LogP contribution in [0.3, 0.4) is 0 Å². The third kappa shape index (κ3) is 6.54. The van der Waals surface area contributed by atoms with Gasteiger partial charge in [0.2, 0.25) is 5.91 Å². The van der Waals surface area contributed by atoms with E-state index in [-0.39, 0.29) is 30.7 Å². The zero-order chi connectivity index (χ0) is 11.4. The third-order valence-corrected chi connectivity index (χ3v) is 3.49. The fourth-order valence-corrected chi connectivity index (χ4v) is 2.14. The lowest BCUT2D eigenvalue weighted by Gasteiger charge is -2.04. The Kier molecular flexibility index (Phi) is 8.52. The Hall–Kier alpha value is -0.360. The van der Waals surface area contributed by atoms with E-state index in [0.717, 1.165) is 23.2 Å². The van der Waals surface area contributed by atoms with Crippen molar-refractivity contribution in [3.8, 4) is 0 Å². The van der Waals surface area contributed by atoms with Gasteiger partial charge in [0, 0.05) is 11.1 Å². The largest absolute Gasteiger partial charge is 0.348 e. The normalized spacial score (nSPS) is 13.4. The quantitative estimate of drug-likeness (QED) is 0.844. The van der Waals surface area contributed by atoms with E-state index in [0.29, 0.717) is 13.1 Å². The molecule has 0 unspecified atom stereocenters. The van der Waals surface area contributed by atoms with Crippen LogP contribution < -0.4 is 10.6 Å². The number of rotatable bonds is 6. The van der Waals surface area contributed by atoms with E-state index in [9.17, 15) is 4.79 Å². The molecule has 0 aliphatic heterocycles. The standard InChI is InChI=1S/C11H17N3OS.2ClH/c1-8-7-16-11(14-8)6-13-10(15)5-12-4-9-2-3-9;;/h7,9,12H,2-6H2,1H3,(H,13,15);2*1H. The number of hydrogen-bond donors (Lipinski definition) is 2. The molecule has 104 valence electrons. The molecule has 4 nitrogen and oxygen atoms in total. The minimum Gasteiger partial charge on any atom is -0.348 e. The second kappa shape index (κ2) is 8.69. The highest BCUT2D eigenvalue weighted by Gasteiger charge is 2.20. The minimum atomic E-state index is 0. The zero-order valence-electron chi connectivity index (χ0n) is 10.3. The number of nitrogens with one attached hydrogen (secondary N) is 2. The second-order valence-corrected chi connectivity index (χ2v) is 5.18. The Morgan fingerprint density at radius 1 is 1.50 bits per heavy atom. The van der Waals surface area contributed by atoms with Gasteiger partial charge in [0.1, 0.15) is 5.01 Å². The molecule has 1 saturated carbocycles. The number of hydrogen-bond acceptors (Lipinski definition) is 4. The Balaban J connectivity index is 0.00000144. The van der Waals surface area contributed by atoms with Crippen LogP contribution in [0, 0.1) is 12.8 Å². The van der Waals surface area contributed by atoms with Crippen LogP contribution in [0.25, 0.3) is 0 Å². The highest BCUT2D eigenvalue weighted by Crippen LogP contribution is 2.27. The Morgan fingerprint density at radius 2 is 2.22 bits per heavy atom. The number of nitrogens with zero attached hydrogens (tertiary/aromatic N) is 1. The van der Waals surface area contributed by atoms with Gasteiger partial charge in [0.05, 0.1) is 13.1 Å². The van der Waals surface area contributed by atoms with Gasteiger partial charge in [0.25, 0.3) is 0 Å². The molecule has 0 aromatic carbocycles. The summed E-state index contributed by atoms with van der Waals surface area (Å²) in [4.78, 5) is 15.7. The fourth-order valence-electron chi connectivity index (χ4n) is 1.43. The number of amides is 1. The molecular formula is C11H19Cl2N3OS. The number of aromatic nitrogens is 1. The van der Waals surface area contributed by atoms with E-state index in [1.165, 1.54) is 12.8 Å². The molecule has 0 bridgehead atoms. The van der Waals surface area contributed by atoms with E-state index in [2.05, 4.69) is 15.6 Å². The first-order valence-electron chi connectivity index (χ1n) is 5.62. The van der Waals surface area contributed by atoms with Gasteiger partial charge in [-0.1, -0.05) is 0 Å². The van der Waals surface area contributed by atoms with Crippen LogP contribution in [0.1, 0.15) is 23.5 Å². The molecule has 1 heterocycles. The average Bonchev–Trinajstić information content (AvgIpc) is 2.98. The van der Waals surface area contributed by atoms with Gasteiger partial charge in [-0.25, -0.2) is 4.98 Å². The SMILES string of the molecule is Cc1csc(CNC(=O)CNCC2CC2)n1.Cl.Cl. The van der Waals surface area contributed by atoms with E-state index >= 15 is 0 Å². The molecule has 1 aromatic heterocycles. The van der Waals surface area contributed by atoms with Gasteiger partial charge < -0.3 is 10.6 Å². The van der Waals surface area contributed by atoms with Crippen LogP contribution in [-0.4, -0.2) is 24.0 Å². The van der Waals surface area contributed by atoms with Crippen LogP contribution in [0.2, 0.25) is 0 Å². The summed E-state index contributed by atoms with van der Waals surface area (Å²) in [6.07, 6.45) is 2.63. The van der Waals surface area contributed by atoms with E-state index in [4.69, 9.17) is 0 Å². The first kappa shape index (κ1) is 17.6. The van der Waals surface area contributed by atoms with Crippen molar-refractivity contribution >= 4 is 42.1 Å². The molecule has 1 aromatic rings. The lowest BCUT2D eigenvalue weighted by Crippen LogP contribution is -2.34. The van der Waals surface area contributed by atoms with Crippen molar-refractivity contribution in [3.05, 3.63) is 16.1 Å². The molecule has 1 amide bonds. The Morgan fingerprint density at radius 3 is 2.78 bits per heavy atom. The van der Waals surface area contributed by atoms with Gasteiger partial charge in [0.15, 0.2) is 0 Å². The highest BCUT2D eigenvalue weighted by molar-refractivity contribution is 7.09. The summed E-state index contributed by atoms with van der Waals surface area (Å²) >= 11 is 1.58. The van der Waals surface area contributed by atoms with Crippen LogP contribution in [0.15, 0.2) is 5.38 Å². The smallest absolute Gasteiger partial charge is 0.234 e. The first-order chi connectivity index (χ1) is 7.74. The molecule has 2 rings (SSSR count). The third-order valence-electron chi connectivity index (χ3n) is 2.52. The topological polar surface area (TPSA) is 54.0 Å². The van der Waals surface area contributed by atoms with Gasteiger partial charge in [-0.2, -0.15) is 0 Å². The molecule has 1 aliphatic carbocycles. The van der Waals surface area contributed by atoms with Gasteiger partial charge in [-0.05, 0) is 32.2 Å². The minimum absolute atomic E-state index is 0. The van der Waals surface area contributed by atoms with Crippen molar-refractivity contribution in [1.29, 1.82) is 0 Å². The van der Waals surface area contributed by atoms with Crippen molar-refractivity contribution in [2.45, 2.75) is 26.3 Å². The van der Waals surface area contributed by atoms with Crippen LogP contribution in [-0.2, 0) is 11.3 Å². The maximum absolute atomic E-state index is 11.4. The summed E-state index contributed by atoms with van der Waals surface area (Å²) in [5.74, 6) is 0.864. The van der Waals surface area contributed by atoms with Gasteiger partial charge >= 0.3 is 0 Å². The van der Waals surface area contributed by atoms with Crippen LogP contribution in [0.4, 0.5) is 0 Å². The zero-order valence-corrected chi connectivity index (χ0v) is 12.7. The van der Waals surface area contributed by atoms with Crippen LogP contribution in [0.5, 0.6) is 0 Å². The fraction of sp³-hybridized carbons (Fsp3) is 0.636. The number of aryl methyl sites for hydroxylation is 1. The second-order valence-electron chi connectivity index (χ2n) is 4.23. The number of thiazole rings is 1. The summed E-state index contributed by atoms with van der Waals surface area (Å²) in [6.45, 7) is 3.89. The maximum Gasteiger partial charge on any atom is 0.234 e. The Labute approximate surface area is 124 Å². The monoisotopic (exact) mass is 311 g/mol. The molecule has 7 heteroatoms. The van der Waals surface area contributed by atoms with Gasteiger partial charge in [-0.3, -0.25) is 4.79 Å². The molecular weight excluding hydrogens is 293 g/mol. The first-order valence-corrected chi connectivity index (χ1v) is 6.50. The highest BCUT2D eigenvalue weighted by atomic mass is 35.5. The molecule has 2 N–H and O–H groups in total. The predicted molar refractivity (Wildman–Crippen MR) is 78.8 cm³/mol. The molecule has 0 atom stereocenters. The molecule has 0 spiro atoms. The lowest BCUT2D eigenvalue weighted by atomic mass is 10.4. The van der Waals surface area contributed by atoms with Crippen molar-refractivity contribution in [2.75, 3.05) is 13.1 Å². The van der Waals surface area contributed by atoms with Crippen molar-refractivity contribution in [1.82, 2.24) is 15.6 Å².